The van der Waals surface area contributed by atoms with Crippen molar-refractivity contribution in [3.8, 4) is 17.2 Å². The molecule has 3 rings (SSSR count). The van der Waals surface area contributed by atoms with Crippen LogP contribution in [0.15, 0.2) is 84.9 Å². The summed E-state index contributed by atoms with van der Waals surface area (Å²) in [5.41, 5.74) is 1.19. The number of unbranched alkanes of at least 4 members (excludes halogenated alkanes) is 1. The number of hydrogen-bond donors (Lipinski definition) is 0. The van der Waals surface area contributed by atoms with Crippen LogP contribution in [0, 0.1) is 5.92 Å². The normalized spacial score (nSPS) is 11.5. The zero-order valence-corrected chi connectivity index (χ0v) is 18.0. The second-order valence-corrected chi connectivity index (χ2v) is 7.50. The van der Waals surface area contributed by atoms with E-state index in [2.05, 4.69) is 26.0 Å². The van der Waals surface area contributed by atoms with Gasteiger partial charge in [-0.3, -0.25) is 0 Å². The molecule has 156 valence electrons. The van der Waals surface area contributed by atoms with Crippen molar-refractivity contribution in [1.82, 2.24) is 0 Å². The smallest absolute Gasteiger partial charge is 0.490 e. The van der Waals surface area contributed by atoms with E-state index in [4.69, 9.17) is 14.0 Å². The van der Waals surface area contributed by atoms with Gasteiger partial charge in [-0.05, 0) is 48.2 Å². The highest BCUT2D eigenvalue weighted by Gasteiger charge is 2.31. The minimum absolute atomic E-state index is 0.651. The molecule has 0 amide bonds. The molecule has 1 atom stereocenters. The molecule has 0 fully saturated rings. The molecule has 0 bridgehead atoms. The highest BCUT2D eigenvalue weighted by Crippen LogP contribution is 2.27. The second kappa shape index (κ2) is 12.0. The Morgan fingerprint density at radius 3 is 1.83 bits per heavy atom. The summed E-state index contributed by atoms with van der Waals surface area (Å²) in [6, 6.07) is 27.4. The molecular formula is C26H31BO3. The Morgan fingerprint density at radius 2 is 1.27 bits per heavy atom. The van der Waals surface area contributed by atoms with Crippen molar-refractivity contribution in [2.24, 2.45) is 5.92 Å². The lowest BCUT2D eigenvalue weighted by Crippen LogP contribution is -2.37. The molecule has 3 nitrogen and oxygen atoms in total. The van der Waals surface area contributed by atoms with Crippen LogP contribution in [0.2, 0.25) is 0 Å². The predicted octanol–water partition coefficient (Wildman–Crippen LogP) is 6.97. The van der Waals surface area contributed by atoms with E-state index in [9.17, 15) is 0 Å². The van der Waals surface area contributed by atoms with Gasteiger partial charge in [0.05, 0.1) is 0 Å². The Morgan fingerprint density at radius 1 is 0.700 bits per heavy atom. The Bertz CT molecular complexity index is 813. The summed E-state index contributed by atoms with van der Waals surface area (Å²) < 4.78 is 18.3. The van der Waals surface area contributed by atoms with Crippen LogP contribution in [0.1, 0.15) is 45.1 Å². The van der Waals surface area contributed by atoms with E-state index >= 15 is 0 Å². The fourth-order valence-electron chi connectivity index (χ4n) is 3.44. The molecule has 3 aromatic carbocycles. The van der Waals surface area contributed by atoms with E-state index < -0.39 is 7.32 Å². The van der Waals surface area contributed by atoms with Gasteiger partial charge in [0.2, 0.25) is 0 Å². The van der Waals surface area contributed by atoms with Gasteiger partial charge in [-0.25, -0.2) is 0 Å². The van der Waals surface area contributed by atoms with Gasteiger partial charge in [-0.15, -0.1) is 0 Å². The first-order chi connectivity index (χ1) is 14.8. The third-order valence-corrected chi connectivity index (χ3v) is 5.20. The Kier molecular flexibility index (Phi) is 8.70. The van der Waals surface area contributed by atoms with Crippen molar-refractivity contribution >= 4 is 7.32 Å². The van der Waals surface area contributed by atoms with Gasteiger partial charge in [-0.1, -0.05) is 94.1 Å². The van der Waals surface area contributed by atoms with E-state index in [1.54, 1.807) is 0 Å². The molecule has 0 saturated carbocycles. The molecule has 0 saturated heterocycles. The average molecular weight is 402 g/mol. The lowest BCUT2D eigenvalue weighted by Gasteiger charge is -2.20. The van der Waals surface area contributed by atoms with Crippen LogP contribution in [0.4, 0.5) is 0 Å². The highest BCUT2D eigenvalue weighted by atomic mass is 16.7. The minimum atomic E-state index is -0.883. The molecule has 0 radical (unpaired) electrons. The van der Waals surface area contributed by atoms with Crippen LogP contribution in [0.3, 0.4) is 0 Å². The Hall–Kier alpha value is -2.88. The SMILES string of the molecule is CCCCC(CC)Cc1ccccc1OB(Oc1ccccc1)Oc1ccccc1. The van der Waals surface area contributed by atoms with Crippen molar-refractivity contribution < 1.29 is 14.0 Å². The van der Waals surface area contributed by atoms with E-state index in [0.29, 0.717) is 17.4 Å². The number of hydrogen-bond acceptors (Lipinski definition) is 3. The zero-order chi connectivity index (χ0) is 21.0. The van der Waals surface area contributed by atoms with Gasteiger partial charge in [0.15, 0.2) is 0 Å². The van der Waals surface area contributed by atoms with Gasteiger partial charge in [-0.2, -0.15) is 0 Å². The molecule has 0 heterocycles. The van der Waals surface area contributed by atoms with Gasteiger partial charge < -0.3 is 14.0 Å². The number of rotatable bonds is 12. The predicted molar refractivity (Wildman–Crippen MR) is 124 cm³/mol. The van der Waals surface area contributed by atoms with Crippen LogP contribution >= 0.6 is 0 Å². The number of benzene rings is 3. The van der Waals surface area contributed by atoms with E-state index in [1.165, 1.54) is 31.2 Å². The van der Waals surface area contributed by atoms with Crippen molar-refractivity contribution in [3.63, 3.8) is 0 Å². The maximum atomic E-state index is 6.26. The lowest BCUT2D eigenvalue weighted by molar-refractivity contribution is 0.304. The van der Waals surface area contributed by atoms with Gasteiger partial charge in [0, 0.05) is 0 Å². The van der Waals surface area contributed by atoms with E-state index in [1.807, 2.05) is 72.8 Å². The van der Waals surface area contributed by atoms with Crippen molar-refractivity contribution in [3.05, 3.63) is 90.5 Å². The summed E-state index contributed by atoms with van der Waals surface area (Å²) in [7, 11) is -0.883. The molecule has 0 aliphatic rings. The van der Waals surface area contributed by atoms with Crippen molar-refractivity contribution in [2.75, 3.05) is 0 Å². The van der Waals surface area contributed by atoms with Crippen LogP contribution in [-0.2, 0) is 6.42 Å². The summed E-state index contributed by atoms with van der Waals surface area (Å²) in [4.78, 5) is 0. The molecule has 3 aromatic rings. The fourth-order valence-corrected chi connectivity index (χ4v) is 3.44. The highest BCUT2D eigenvalue weighted by molar-refractivity contribution is 6.39. The van der Waals surface area contributed by atoms with Crippen molar-refractivity contribution in [2.45, 2.75) is 46.0 Å². The largest absolute Gasteiger partial charge is 0.864 e. The molecule has 0 aromatic heterocycles. The van der Waals surface area contributed by atoms with Crippen LogP contribution < -0.4 is 14.0 Å². The van der Waals surface area contributed by atoms with Crippen LogP contribution in [-0.4, -0.2) is 7.32 Å². The first kappa shape index (κ1) is 21.8. The van der Waals surface area contributed by atoms with Crippen LogP contribution in [0.5, 0.6) is 17.2 Å². The summed E-state index contributed by atoms with van der Waals surface area (Å²) in [5.74, 6) is 2.86. The topological polar surface area (TPSA) is 27.7 Å². The second-order valence-electron chi connectivity index (χ2n) is 7.50. The Balaban J connectivity index is 1.77. The van der Waals surface area contributed by atoms with Gasteiger partial charge in [0.1, 0.15) is 17.2 Å². The van der Waals surface area contributed by atoms with Crippen molar-refractivity contribution in [1.29, 1.82) is 0 Å². The molecule has 0 N–H and O–H groups in total. The monoisotopic (exact) mass is 402 g/mol. The maximum absolute atomic E-state index is 6.26. The molecule has 1 unspecified atom stereocenters. The van der Waals surface area contributed by atoms with E-state index in [0.717, 1.165) is 12.2 Å². The molecule has 0 aliphatic heterocycles. The molecule has 0 aliphatic carbocycles. The first-order valence-electron chi connectivity index (χ1n) is 11.0. The summed E-state index contributed by atoms with van der Waals surface area (Å²) in [6.07, 6.45) is 5.89. The average Bonchev–Trinajstić information content (AvgIpc) is 2.79. The molecular weight excluding hydrogens is 371 g/mol. The fraction of sp³-hybridized carbons (Fsp3) is 0.308. The quantitative estimate of drug-likeness (QED) is 0.306. The van der Waals surface area contributed by atoms with E-state index in [-0.39, 0.29) is 0 Å². The standard InChI is InChI=1S/C26H31BO3/c1-3-5-14-22(4-2)21-23-15-12-13-20-26(23)30-27(28-24-16-8-6-9-17-24)29-25-18-10-7-11-19-25/h6-13,15-20,22H,3-5,14,21H2,1-2H3. The Labute approximate surface area is 181 Å². The molecule has 4 heteroatoms. The number of para-hydroxylation sites is 3. The lowest BCUT2D eigenvalue weighted by atomic mass is 9.91. The van der Waals surface area contributed by atoms with Gasteiger partial charge in [0.25, 0.3) is 0 Å². The molecule has 30 heavy (non-hydrogen) atoms. The first-order valence-corrected chi connectivity index (χ1v) is 11.0. The maximum Gasteiger partial charge on any atom is 0.864 e. The summed E-state index contributed by atoms with van der Waals surface area (Å²) in [6.45, 7) is 4.51. The summed E-state index contributed by atoms with van der Waals surface area (Å²) >= 11 is 0. The van der Waals surface area contributed by atoms with Gasteiger partial charge >= 0.3 is 7.32 Å². The van der Waals surface area contributed by atoms with Crippen LogP contribution in [0.25, 0.3) is 0 Å². The zero-order valence-electron chi connectivity index (χ0n) is 18.0. The third kappa shape index (κ3) is 6.87. The summed E-state index contributed by atoms with van der Waals surface area (Å²) in [5, 5.41) is 0. The molecule has 0 spiro atoms. The third-order valence-electron chi connectivity index (χ3n) is 5.20. The minimum Gasteiger partial charge on any atom is -0.490 e.